The number of aromatic nitrogens is 3. The van der Waals surface area contributed by atoms with Crippen molar-refractivity contribution in [2.45, 2.75) is 26.9 Å². The van der Waals surface area contributed by atoms with E-state index in [9.17, 15) is 4.79 Å². The van der Waals surface area contributed by atoms with Gasteiger partial charge in [-0.1, -0.05) is 57.6 Å². The molecule has 1 amide bonds. The Hall–Kier alpha value is -2.51. The number of fused-ring (bicyclic) bond motifs is 1. The van der Waals surface area contributed by atoms with Crippen molar-refractivity contribution in [3.63, 3.8) is 0 Å². The molecule has 0 N–H and O–H groups in total. The van der Waals surface area contributed by atoms with E-state index in [1.165, 1.54) is 11.3 Å². The first-order chi connectivity index (χ1) is 13.5. The number of nitrogens with zero attached hydrogens (tertiary/aromatic N) is 4. The topological polar surface area (TPSA) is 51.0 Å². The fourth-order valence-electron chi connectivity index (χ4n) is 3.09. The summed E-state index contributed by atoms with van der Waals surface area (Å²) >= 11 is 5.02. The van der Waals surface area contributed by atoms with Gasteiger partial charge in [-0.3, -0.25) is 14.4 Å². The van der Waals surface area contributed by atoms with Crippen LogP contribution in [0.25, 0.3) is 10.2 Å². The molecule has 5 nitrogen and oxygen atoms in total. The SMILES string of the molecule is CCn1nc(C)cc1C(=O)N(Cc1ccccc1)c1nc2ccc(Br)cc2s1. The van der Waals surface area contributed by atoms with E-state index in [0.29, 0.717) is 23.9 Å². The molecule has 0 aliphatic heterocycles. The number of benzene rings is 2. The van der Waals surface area contributed by atoms with Crippen LogP contribution in [0.5, 0.6) is 0 Å². The van der Waals surface area contributed by atoms with Gasteiger partial charge in [0.15, 0.2) is 5.13 Å². The fourth-order valence-corrected chi connectivity index (χ4v) is 4.61. The Bertz CT molecular complexity index is 1140. The summed E-state index contributed by atoms with van der Waals surface area (Å²) in [5.41, 5.74) is 3.35. The Balaban J connectivity index is 1.79. The van der Waals surface area contributed by atoms with Crippen molar-refractivity contribution >= 4 is 48.5 Å². The summed E-state index contributed by atoms with van der Waals surface area (Å²) in [7, 11) is 0. The van der Waals surface area contributed by atoms with Gasteiger partial charge in [0.25, 0.3) is 5.91 Å². The summed E-state index contributed by atoms with van der Waals surface area (Å²) in [4.78, 5) is 20.0. The molecule has 4 rings (SSSR count). The molecular formula is C21H19BrN4OS. The maximum atomic E-state index is 13.5. The van der Waals surface area contributed by atoms with Crippen molar-refractivity contribution in [1.82, 2.24) is 14.8 Å². The van der Waals surface area contributed by atoms with Gasteiger partial charge in [-0.25, -0.2) is 4.98 Å². The van der Waals surface area contributed by atoms with Crippen LogP contribution < -0.4 is 4.90 Å². The Kier molecular flexibility index (Phi) is 5.28. The molecule has 142 valence electrons. The van der Waals surface area contributed by atoms with Gasteiger partial charge < -0.3 is 0 Å². The van der Waals surface area contributed by atoms with Crippen LogP contribution in [0.3, 0.4) is 0 Å². The van der Waals surface area contributed by atoms with Gasteiger partial charge >= 0.3 is 0 Å². The molecule has 0 bridgehead atoms. The largest absolute Gasteiger partial charge is 0.278 e. The highest BCUT2D eigenvalue weighted by atomic mass is 79.9. The minimum atomic E-state index is -0.0931. The molecule has 0 aliphatic rings. The van der Waals surface area contributed by atoms with Crippen LogP contribution in [0.4, 0.5) is 5.13 Å². The van der Waals surface area contributed by atoms with Gasteiger partial charge in [-0.15, -0.1) is 0 Å². The summed E-state index contributed by atoms with van der Waals surface area (Å²) in [5, 5.41) is 5.12. The molecule has 7 heteroatoms. The van der Waals surface area contributed by atoms with E-state index in [4.69, 9.17) is 4.98 Å². The number of anilines is 1. The van der Waals surface area contributed by atoms with Crippen molar-refractivity contribution in [3.8, 4) is 0 Å². The molecule has 0 saturated heterocycles. The Morgan fingerprint density at radius 3 is 2.71 bits per heavy atom. The number of carbonyl (C=O) groups is 1. The molecule has 4 aromatic rings. The molecule has 0 radical (unpaired) electrons. The average Bonchev–Trinajstić information content (AvgIpc) is 3.29. The highest BCUT2D eigenvalue weighted by molar-refractivity contribution is 9.10. The molecule has 0 aliphatic carbocycles. The van der Waals surface area contributed by atoms with Gasteiger partial charge in [-0.05, 0) is 43.7 Å². The molecule has 0 spiro atoms. The van der Waals surface area contributed by atoms with Crippen molar-refractivity contribution < 1.29 is 4.79 Å². The molecular weight excluding hydrogens is 436 g/mol. The van der Waals surface area contributed by atoms with Gasteiger partial charge in [-0.2, -0.15) is 5.10 Å². The van der Waals surface area contributed by atoms with Crippen LogP contribution in [0.15, 0.2) is 59.1 Å². The highest BCUT2D eigenvalue weighted by Gasteiger charge is 2.25. The zero-order valence-electron chi connectivity index (χ0n) is 15.6. The van der Waals surface area contributed by atoms with E-state index in [-0.39, 0.29) is 5.91 Å². The number of halogens is 1. The molecule has 28 heavy (non-hydrogen) atoms. The lowest BCUT2D eigenvalue weighted by molar-refractivity contribution is 0.0975. The maximum absolute atomic E-state index is 13.5. The molecule has 2 aromatic carbocycles. The van der Waals surface area contributed by atoms with E-state index in [1.807, 2.05) is 68.4 Å². The number of amides is 1. The summed E-state index contributed by atoms with van der Waals surface area (Å²) < 4.78 is 3.78. The van der Waals surface area contributed by atoms with Gasteiger partial charge in [0.2, 0.25) is 0 Å². The summed E-state index contributed by atoms with van der Waals surface area (Å²) in [5.74, 6) is -0.0931. The standard InChI is InChI=1S/C21H19BrN4OS/c1-3-26-18(11-14(2)24-26)20(27)25(13-15-7-5-4-6-8-15)21-23-17-10-9-16(22)12-19(17)28-21/h4-12H,3,13H2,1-2H3. The Morgan fingerprint density at radius 2 is 1.96 bits per heavy atom. The number of hydrogen-bond acceptors (Lipinski definition) is 4. The zero-order chi connectivity index (χ0) is 19.7. The normalized spacial score (nSPS) is 11.1. The molecule has 2 aromatic heterocycles. The quantitative estimate of drug-likeness (QED) is 0.403. The predicted molar refractivity (Wildman–Crippen MR) is 117 cm³/mol. The fraction of sp³-hybridized carbons (Fsp3) is 0.190. The van der Waals surface area contributed by atoms with Crippen LogP contribution in [0, 0.1) is 6.92 Å². The number of rotatable bonds is 5. The zero-order valence-corrected chi connectivity index (χ0v) is 18.0. The summed E-state index contributed by atoms with van der Waals surface area (Å²) in [6, 6.07) is 17.8. The van der Waals surface area contributed by atoms with E-state index < -0.39 is 0 Å². The van der Waals surface area contributed by atoms with E-state index in [1.54, 1.807) is 9.58 Å². The average molecular weight is 455 g/mol. The third-order valence-electron chi connectivity index (χ3n) is 4.42. The summed E-state index contributed by atoms with van der Waals surface area (Å²) in [6.07, 6.45) is 0. The van der Waals surface area contributed by atoms with Crippen LogP contribution in [-0.4, -0.2) is 20.7 Å². The number of carbonyl (C=O) groups excluding carboxylic acids is 1. The van der Waals surface area contributed by atoms with Gasteiger partial charge in [0, 0.05) is 11.0 Å². The first-order valence-corrected chi connectivity index (χ1v) is 10.6. The Labute approximate surface area is 175 Å². The second kappa shape index (κ2) is 7.85. The van der Waals surface area contributed by atoms with Gasteiger partial charge in [0.1, 0.15) is 5.69 Å². The van der Waals surface area contributed by atoms with Gasteiger partial charge in [0.05, 0.1) is 22.5 Å². The molecule has 0 atom stereocenters. The van der Waals surface area contributed by atoms with Crippen LogP contribution >= 0.6 is 27.3 Å². The minimum absolute atomic E-state index is 0.0931. The number of hydrogen-bond donors (Lipinski definition) is 0. The smallest absolute Gasteiger partial charge is 0.278 e. The molecule has 2 heterocycles. The number of thiazole rings is 1. The lowest BCUT2D eigenvalue weighted by Crippen LogP contribution is -2.32. The van der Waals surface area contributed by atoms with E-state index >= 15 is 0 Å². The minimum Gasteiger partial charge on any atom is -0.278 e. The lowest BCUT2D eigenvalue weighted by Gasteiger charge is -2.20. The van der Waals surface area contributed by atoms with Crippen LogP contribution in [0.2, 0.25) is 0 Å². The van der Waals surface area contributed by atoms with Crippen LogP contribution in [0.1, 0.15) is 28.7 Å². The third-order valence-corrected chi connectivity index (χ3v) is 5.95. The molecule has 0 fully saturated rings. The van der Waals surface area contributed by atoms with Crippen molar-refractivity contribution in [1.29, 1.82) is 0 Å². The molecule has 0 unspecified atom stereocenters. The van der Waals surface area contributed by atoms with Crippen molar-refractivity contribution in [2.75, 3.05) is 4.90 Å². The molecule has 0 saturated carbocycles. The van der Waals surface area contributed by atoms with E-state index in [0.717, 1.165) is 25.9 Å². The van der Waals surface area contributed by atoms with Crippen LogP contribution in [-0.2, 0) is 13.1 Å². The monoisotopic (exact) mass is 454 g/mol. The summed E-state index contributed by atoms with van der Waals surface area (Å²) in [6.45, 7) is 4.98. The second-order valence-electron chi connectivity index (χ2n) is 6.47. The third kappa shape index (κ3) is 3.72. The second-order valence-corrected chi connectivity index (χ2v) is 8.40. The highest BCUT2D eigenvalue weighted by Crippen LogP contribution is 2.32. The first-order valence-electron chi connectivity index (χ1n) is 9.01. The lowest BCUT2D eigenvalue weighted by atomic mass is 10.2. The first kappa shape index (κ1) is 18.8. The van der Waals surface area contributed by atoms with E-state index in [2.05, 4.69) is 21.0 Å². The van der Waals surface area contributed by atoms with Crippen molar-refractivity contribution in [3.05, 3.63) is 76.0 Å². The maximum Gasteiger partial charge on any atom is 0.278 e. The Morgan fingerprint density at radius 1 is 1.18 bits per heavy atom. The van der Waals surface area contributed by atoms with Crippen molar-refractivity contribution in [2.24, 2.45) is 0 Å². The number of aryl methyl sites for hydroxylation is 2. The predicted octanol–water partition coefficient (Wildman–Crippen LogP) is 5.43.